The summed E-state index contributed by atoms with van der Waals surface area (Å²) in [6.45, 7) is 4.67. The number of rotatable bonds is 4. The van der Waals surface area contributed by atoms with Crippen LogP contribution in [0.4, 0.5) is 0 Å². The number of nitrogens with one attached hydrogen (secondary N) is 1. The molecule has 0 spiro atoms. The molecule has 0 radical (unpaired) electrons. The number of aliphatic carboxylic acids is 1. The minimum Gasteiger partial charge on any atom is -0.480 e. The molecule has 18 heavy (non-hydrogen) atoms. The summed E-state index contributed by atoms with van der Waals surface area (Å²) in [5.74, 6) is -0.880. The Hall–Kier alpha value is -1.39. The third-order valence-corrected chi connectivity index (χ3v) is 3.52. The maximum absolute atomic E-state index is 11.7. The summed E-state index contributed by atoms with van der Waals surface area (Å²) in [5.41, 5.74) is 0.649. The fourth-order valence-electron chi connectivity index (χ4n) is 2.34. The average Bonchev–Trinajstić information content (AvgIpc) is 2.38. The molecule has 1 aromatic rings. The van der Waals surface area contributed by atoms with Gasteiger partial charge in [0.25, 0.3) is 0 Å². The minimum absolute atomic E-state index is 0.121. The highest BCUT2D eigenvalue weighted by Gasteiger charge is 2.45. The molecule has 0 amide bonds. The second-order valence-corrected chi connectivity index (χ2v) is 4.81. The van der Waals surface area contributed by atoms with Crippen LogP contribution in [0.15, 0.2) is 24.3 Å². The summed E-state index contributed by atoms with van der Waals surface area (Å²) in [5, 5.41) is 12.9. The third-order valence-electron chi connectivity index (χ3n) is 3.52. The lowest BCUT2D eigenvalue weighted by Gasteiger charge is -2.38. The van der Waals surface area contributed by atoms with Crippen molar-refractivity contribution >= 4 is 5.97 Å². The van der Waals surface area contributed by atoms with Crippen LogP contribution >= 0.6 is 0 Å². The van der Waals surface area contributed by atoms with E-state index in [-0.39, 0.29) is 12.6 Å². The van der Waals surface area contributed by atoms with Crippen molar-refractivity contribution in [2.75, 3.05) is 6.61 Å². The normalized spacial score (nSPS) is 24.3. The predicted octanol–water partition coefficient (Wildman–Crippen LogP) is 1.88. The van der Waals surface area contributed by atoms with Gasteiger partial charge in [-0.05, 0) is 24.5 Å². The van der Waals surface area contributed by atoms with Crippen molar-refractivity contribution < 1.29 is 14.6 Å². The Morgan fingerprint density at radius 1 is 1.56 bits per heavy atom. The molecule has 0 fully saturated rings. The topological polar surface area (TPSA) is 58.6 Å². The van der Waals surface area contributed by atoms with Gasteiger partial charge in [0.05, 0.1) is 13.2 Å². The number of benzene rings is 1. The summed E-state index contributed by atoms with van der Waals surface area (Å²) in [6.07, 6.45) is 0.872. The predicted molar refractivity (Wildman–Crippen MR) is 68.3 cm³/mol. The second-order valence-electron chi connectivity index (χ2n) is 4.81. The molecule has 4 heteroatoms. The molecule has 1 aliphatic rings. The SMILES string of the molecule is CCC(C)NC1(C(=O)O)COCc2ccccc21. The summed E-state index contributed by atoms with van der Waals surface area (Å²) in [4.78, 5) is 11.7. The number of carboxylic acid groups (broad SMARTS) is 1. The number of hydrogen-bond acceptors (Lipinski definition) is 3. The van der Waals surface area contributed by atoms with Crippen molar-refractivity contribution in [3.05, 3.63) is 35.4 Å². The Bertz CT molecular complexity index is 446. The number of ether oxygens (including phenoxy) is 1. The molecule has 1 aromatic carbocycles. The van der Waals surface area contributed by atoms with Gasteiger partial charge < -0.3 is 9.84 Å². The van der Waals surface area contributed by atoms with Crippen LogP contribution in [0.2, 0.25) is 0 Å². The lowest BCUT2D eigenvalue weighted by Crippen LogP contribution is -2.57. The molecule has 2 unspecified atom stereocenters. The molecule has 1 heterocycles. The zero-order valence-corrected chi connectivity index (χ0v) is 10.8. The third kappa shape index (κ3) is 2.13. The first kappa shape index (κ1) is 13.1. The van der Waals surface area contributed by atoms with Gasteiger partial charge in [-0.2, -0.15) is 0 Å². The van der Waals surface area contributed by atoms with Crippen LogP contribution in [0.1, 0.15) is 31.4 Å². The van der Waals surface area contributed by atoms with E-state index in [0.29, 0.717) is 6.61 Å². The molecule has 2 atom stereocenters. The molecule has 1 aliphatic heterocycles. The van der Waals surface area contributed by atoms with Crippen LogP contribution in [0, 0.1) is 0 Å². The molecule has 0 saturated heterocycles. The van der Waals surface area contributed by atoms with Gasteiger partial charge in [0.2, 0.25) is 0 Å². The van der Waals surface area contributed by atoms with E-state index in [0.717, 1.165) is 17.5 Å². The largest absolute Gasteiger partial charge is 0.480 e. The van der Waals surface area contributed by atoms with E-state index in [1.54, 1.807) is 0 Å². The lowest BCUT2D eigenvalue weighted by molar-refractivity contribution is -0.150. The van der Waals surface area contributed by atoms with Crippen LogP contribution in [0.25, 0.3) is 0 Å². The highest BCUT2D eigenvalue weighted by atomic mass is 16.5. The zero-order valence-electron chi connectivity index (χ0n) is 10.8. The molecule has 2 rings (SSSR count). The van der Waals surface area contributed by atoms with E-state index in [9.17, 15) is 9.90 Å². The van der Waals surface area contributed by atoms with Crippen LogP contribution in [0.3, 0.4) is 0 Å². The fourth-order valence-corrected chi connectivity index (χ4v) is 2.34. The summed E-state index contributed by atoms with van der Waals surface area (Å²) in [7, 11) is 0. The van der Waals surface area contributed by atoms with E-state index in [1.807, 2.05) is 38.1 Å². The number of fused-ring (bicyclic) bond motifs is 1. The van der Waals surface area contributed by atoms with E-state index in [2.05, 4.69) is 5.32 Å². The molecule has 2 N–H and O–H groups in total. The first-order valence-electron chi connectivity index (χ1n) is 6.27. The van der Waals surface area contributed by atoms with Crippen LogP contribution in [0.5, 0.6) is 0 Å². The number of carbonyl (C=O) groups is 1. The van der Waals surface area contributed by atoms with Crippen molar-refractivity contribution in [2.45, 2.75) is 38.5 Å². The van der Waals surface area contributed by atoms with Crippen LogP contribution < -0.4 is 5.32 Å². The average molecular weight is 249 g/mol. The van der Waals surface area contributed by atoms with Crippen molar-refractivity contribution in [1.82, 2.24) is 5.32 Å². The van der Waals surface area contributed by atoms with Gasteiger partial charge in [0, 0.05) is 6.04 Å². The van der Waals surface area contributed by atoms with Crippen LogP contribution in [-0.2, 0) is 21.7 Å². The Morgan fingerprint density at radius 2 is 2.28 bits per heavy atom. The van der Waals surface area contributed by atoms with E-state index in [4.69, 9.17) is 4.74 Å². The smallest absolute Gasteiger partial charge is 0.331 e. The van der Waals surface area contributed by atoms with Gasteiger partial charge in [-0.3, -0.25) is 5.32 Å². The second kappa shape index (κ2) is 5.08. The summed E-state index contributed by atoms with van der Waals surface area (Å²) >= 11 is 0. The molecule has 0 bridgehead atoms. The van der Waals surface area contributed by atoms with Gasteiger partial charge in [-0.25, -0.2) is 4.79 Å². The maximum atomic E-state index is 11.7. The van der Waals surface area contributed by atoms with Crippen LogP contribution in [-0.4, -0.2) is 23.7 Å². The van der Waals surface area contributed by atoms with Gasteiger partial charge in [0.1, 0.15) is 0 Å². The Kier molecular flexibility index (Phi) is 3.68. The Balaban J connectivity index is 2.46. The van der Waals surface area contributed by atoms with E-state index in [1.165, 1.54) is 0 Å². The molecule has 0 aromatic heterocycles. The zero-order chi connectivity index (χ0) is 13.2. The summed E-state index contributed by atoms with van der Waals surface area (Å²) in [6, 6.07) is 7.70. The Labute approximate surface area is 107 Å². The molecule has 4 nitrogen and oxygen atoms in total. The van der Waals surface area contributed by atoms with Crippen molar-refractivity contribution in [2.24, 2.45) is 0 Å². The first-order chi connectivity index (χ1) is 8.60. The molecule has 0 saturated carbocycles. The lowest BCUT2D eigenvalue weighted by atomic mass is 9.84. The highest BCUT2D eigenvalue weighted by molar-refractivity contribution is 5.82. The monoisotopic (exact) mass is 249 g/mol. The molecular formula is C14H19NO3. The quantitative estimate of drug-likeness (QED) is 0.855. The Morgan fingerprint density at radius 3 is 2.94 bits per heavy atom. The van der Waals surface area contributed by atoms with Crippen molar-refractivity contribution in [1.29, 1.82) is 0 Å². The van der Waals surface area contributed by atoms with Crippen molar-refractivity contribution in [3.63, 3.8) is 0 Å². The molecule has 98 valence electrons. The van der Waals surface area contributed by atoms with Gasteiger partial charge in [0.15, 0.2) is 5.54 Å². The maximum Gasteiger partial charge on any atom is 0.331 e. The highest BCUT2D eigenvalue weighted by Crippen LogP contribution is 2.31. The molecular weight excluding hydrogens is 230 g/mol. The summed E-state index contributed by atoms with van der Waals surface area (Å²) < 4.78 is 5.48. The van der Waals surface area contributed by atoms with Gasteiger partial charge >= 0.3 is 5.97 Å². The molecule has 0 aliphatic carbocycles. The fraction of sp³-hybridized carbons (Fsp3) is 0.500. The van der Waals surface area contributed by atoms with Gasteiger partial charge in [-0.15, -0.1) is 0 Å². The first-order valence-corrected chi connectivity index (χ1v) is 6.27. The standard InChI is InChI=1S/C14H19NO3/c1-3-10(2)15-14(13(16)17)9-18-8-11-6-4-5-7-12(11)14/h4-7,10,15H,3,8-9H2,1-2H3,(H,16,17). The van der Waals surface area contributed by atoms with E-state index < -0.39 is 11.5 Å². The number of hydrogen-bond donors (Lipinski definition) is 2. The number of carboxylic acids is 1. The van der Waals surface area contributed by atoms with E-state index >= 15 is 0 Å². The van der Waals surface area contributed by atoms with Gasteiger partial charge in [-0.1, -0.05) is 31.2 Å². The minimum atomic E-state index is -1.12. The van der Waals surface area contributed by atoms with Crippen molar-refractivity contribution in [3.8, 4) is 0 Å².